The molecule has 35 heavy (non-hydrogen) atoms. The minimum atomic E-state index is -0.679. The molecular weight excluding hydrogens is 438 g/mol. The molecule has 0 aliphatic carbocycles. The number of amides is 1. The van der Waals surface area contributed by atoms with E-state index < -0.39 is 6.04 Å². The summed E-state index contributed by atoms with van der Waals surface area (Å²) in [6, 6.07) is 21.5. The third-order valence-corrected chi connectivity index (χ3v) is 5.51. The number of carbonyl (C=O) groups excluding carboxylic acids is 1. The fourth-order valence-corrected chi connectivity index (χ4v) is 3.66. The van der Waals surface area contributed by atoms with Crippen molar-refractivity contribution in [1.29, 1.82) is 10.5 Å². The van der Waals surface area contributed by atoms with Crippen molar-refractivity contribution in [2.45, 2.75) is 12.5 Å². The molecule has 0 aliphatic heterocycles. The Bertz CT molecular complexity index is 1390. The summed E-state index contributed by atoms with van der Waals surface area (Å²) in [6.07, 6.45) is 6.01. The molecule has 0 saturated carbocycles. The van der Waals surface area contributed by atoms with Crippen LogP contribution in [-0.2, 0) is 18.3 Å². The summed E-state index contributed by atoms with van der Waals surface area (Å²) >= 11 is 0. The molecule has 1 amide bonds. The summed E-state index contributed by atoms with van der Waals surface area (Å²) in [5, 5.41) is 28.6. The van der Waals surface area contributed by atoms with Crippen molar-refractivity contribution in [2.75, 3.05) is 11.9 Å². The first-order chi connectivity index (χ1) is 17.1. The van der Waals surface area contributed by atoms with Gasteiger partial charge in [0.2, 0.25) is 5.91 Å². The monoisotopic (exact) mass is 461 g/mol. The average molecular weight is 462 g/mol. The smallest absolute Gasteiger partial charge is 0.247 e. The Kier molecular flexibility index (Phi) is 7.27. The van der Waals surface area contributed by atoms with Gasteiger partial charge in [-0.25, -0.2) is 4.98 Å². The maximum Gasteiger partial charge on any atom is 0.247 e. The lowest BCUT2D eigenvalue weighted by molar-refractivity contribution is -0.118. The van der Waals surface area contributed by atoms with Crippen molar-refractivity contribution in [3.05, 3.63) is 102 Å². The Labute approximate surface area is 203 Å². The van der Waals surface area contributed by atoms with Crippen LogP contribution in [-0.4, -0.2) is 27.2 Å². The zero-order chi connectivity index (χ0) is 24.6. The van der Waals surface area contributed by atoms with E-state index >= 15 is 0 Å². The second-order valence-corrected chi connectivity index (χ2v) is 8.01. The molecule has 0 spiro atoms. The minimum absolute atomic E-state index is 0.276. The maximum absolute atomic E-state index is 13.3. The number of benzene rings is 2. The first-order valence-electron chi connectivity index (χ1n) is 11.0. The van der Waals surface area contributed by atoms with E-state index in [1.165, 1.54) is 0 Å². The van der Waals surface area contributed by atoms with Gasteiger partial charge in [0.05, 0.1) is 29.5 Å². The molecule has 2 N–H and O–H groups in total. The van der Waals surface area contributed by atoms with Crippen molar-refractivity contribution in [2.24, 2.45) is 7.05 Å². The van der Waals surface area contributed by atoms with Crippen molar-refractivity contribution in [3.63, 3.8) is 0 Å². The topological polar surface area (TPSA) is 119 Å². The number of rotatable bonds is 8. The number of anilines is 1. The third-order valence-electron chi connectivity index (χ3n) is 5.51. The molecule has 0 radical (unpaired) electrons. The Morgan fingerprint density at radius 3 is 2.46 bits per heavy atom. The van der Waals surface area contributed by atoms with Crippen LogP contribution >= 0.6 is 0 Å². The van der Waals surface area contributed by atoms with Gasteiger partial charge in [-0.05, 0) is 53.9 Å². The lowest BCUT2D eigenvalue weighted by atomic mass is 10.0. The van der Waals surface area contributed by atoms with Crippen LogP contribution in [0, 0.1) is 22.7 Å². The van der Waals surface area contributed by atoms with Crippen molar-refractivity contribution in [3.8, 4) is 23.3 Å². The zero-order valence-electron chi connectivity index (χ0n) is 19.1. The number of carbonyl (C=O) groups is 1. The molecule has 4 aromatic rings. The highest BCUT2D eigenvalue weighted by Gasteiger charge is 2.21. The molecule has 1 atom stereocenters. The van der Waals surface area contributed by atoms with E-state index in [1.54, 1.807) is 53.5 Å². The Balaban J connectivity index is 1.48. The Morgan fingerprint density at radius 2 is 1.80 bits per heavy atom. The van der Waals surface area contributed by atoms with Crippen molar-refractivity contribution in [1.82, 2.24) is 20.1 Å². The first kappa shape index (κ1) is 23.4. The molecule has 4 rings (SSSR count). The maximum atomic E-state index is 13.3. The van der Waals surface area contributed by atoms with Crippen LogP contribution in [0.3, 0.4) is 0 Å². The highest BCUT2D eigenvalue weighted by atomic mass is 16.2. The van der Waals surface area contributed by atoms with Gasteiger partial charge >= 0.3 is 0 Å². The zero-order valence-corrected chi connectivity index (χ0v) is 19.1. The first-order valence-corrected chi connectivity index (χ1v) is 11.0. The lowest BCUT2D eigenvalue weighted by Crippen LogP contribution is -2.34. The molecule has 0 bridgehead atoms. The predicted molar refractivity (Wildman–Crippen MR) is 132 cm³/mol. The van der Waals surface area contributed by atoms with Crippen LogP contribution in [0.25, 0.3) is 11.1 Å². The fraction of sp³-hybridized carbons (Fsp3) is 0.148. The van der Waals surface area contributed by atoms with Gasteiger partial charge in [0.15, 0.2) is 0 Å². The normalized spacial score (nSPS) is 11.3. The molecule has 0 saturated heterocycles. The fourth-order valence-electron chi connectivity index (χ4n) is 3.66. The van der Waals surface area contributed by atoms with Gasteiger partial charge in [-0.2, -0.15) is 15.6 Å². The van der Waals surface area contributed by atoms with E-state index in [0.717, 1.165) is 16.7 Å². The second kappa shape index (κ2) is 10.9. The average Bonchev–Trinajstić information content (AvgIpc) is 3.33. The molecule has 8 nitrogen and oxygen atoms in total. The van der Waals surface area contributed by atoms with E-state index in [9.17, 15) is 10.1 Å². The second-order valence-electron chi connectivity index (χ2n) is 8.01. The van der Waals surface area contributed by atoms with E-state index in [4.69, 9.17) is 5.26 Å². The van der Waals surface area contributed by atoms with E-state index in [0.29, 0.717) is 35.5 Å². The number of nitriles is 2. The van der Waals surface area contributed by atoms with Crippen LogP contribution in [0.4, 0.5) is 5.82 Å². The number of aromatic nitrogens is 3. The van der Waals surface area contributed by atoms with Crippen molar-refractivity contribution >= 4 is 11.7 Å². The highest BCUT2D eigenvalue weighted by Crippen LogP contribution is 2.21. The van der Waals surface area contributed by atoms with E-state index in [2.05, 4.69) is 32.9 Å². The quantitative estimate of drug-likeness (QED) is 0.413. The van der Waals surface area contributed by atoms with Gasteiger partial charge in [0.1, 0.15) is 11.9 Å². The number of hydrogen-bond donors (Lipinski definition) is 2. The van der Waals surface area contributed by atoms with Crippen LogP contribution in [0.5, 0.6) is 0 Å². The van der Waals surface area contributed by atoms with Gasteiger partial charge in [-0.3, -0.25) is 9.48 Å². The van der Waals surface area contributed by atoms with Crippen LogP contribution < -0.4 is 10.6 Å². The molecule has 2 aromatic heterocycles. The van der Waals surface area contributed by atoms with Crippen LogP contribution in [0.15, 0.2) is 79.3 Å². The minimum Gasteiger partial charge on any atom is -0.309 e. The molecule has 0 unspecified atom stereocenters. The van der Waals surface area contributed by atoms with Gasteiger partial charge in [-0.1, -0.05) is 24.3 Å². The molecule has 0 fully saturated rings. The number of pyridine rings is 1. The Morgan fingerprint density at radius 1 is 1.00 bits per heavy atom. The van der Waals surface area contributed by atoms with Crippen molar-refractivity contribution < 1.29 is 4.79 Å². The molecule has 2 aromatic carbocycles. The summed E-state index contributed by atoms with van der Waals surface area (Å²) in [5.41, 5.74) is 4.66. The van der Waals surface area contributed by atoms with E-state index in [-0.39, 0.29) is 5.91 Å². The summed E-state index contributed by atoms with van der Waals surface area (Å²) in [6.45, 7) is 0.522. The van der Waals surface area contributed by atoms with Crippen LogP contribution in [0.1, 0.15) is 28.3 Å². The highest BCUT2D eigenvalue weighted by molar-refractivity contribution is 5.95. The number of nitrogens with one attached hydrogen (secondary N) is 2. The van der Waals surface area contributed by atoms with E-state index in [1.807, 2.05) is 37.5 Å². The lowest BCUT2D eigenvalue weighted by Gasteiger charge is -2.19. The van der Waals surface area contributed by atoms with Gasteiger partial charge in [0, 0.05) is 37.1 Å². The molecule has 172 valence electrons. The summed E-state index contributed by atoms with van der Waals surface area (Å²) in [4.78, 5) is 17.6. The number of nitrogens with zero attached hydrogens (tertiary/aromatic N) is 5. The third kappa shape index (κ3) is 5.97. The standard InChI is InChI=1S/C27H23N7O/c1-34-18-24(17-32-34)23-9-10-25(31-16-23)33-27(35)26(22-4-2-3-21(13-22)15-29)30-12-11-19-5-7-20(14-28)8-6-19/h2-10,13,16-18,26,30H,11-12H2,1H3,(H,31,33,35)/t26-/m0/s1. The molecule has 2 heterocycles. The molecule has 0 aliphatic rings. The largest absolute Gasteiger partial charge is 0.309 e. The number of hydrogen-bond acceptors (Lipinski definition) is 6. The van der Waals surface area contributed by atoms with Crippen LogP contribution in [0.2, 0.25) is 0 Å². The van der Waals surface area contributed by atoms with Gasteiger partial charge < -0.3 is 10.6 Å². The predicted octanol–water partition coefficient (Wildman–Crippen LogP) is 3.74. The number of aryl methyl sites for hydroxylation is 1. The summed E-state index contributed by atoms with van der Waals surface area (Å²) < 4.78 is 1.72. The summed E-state index contributed by atoms with van der Waals surface area (Å²) in [7, 11) is 1.85. The molecular formula is C27H23N7O. The Hall–Kier alpha value is -4.79. The molecule has 8 heteroatoms. The SMILES string of the molecule is Cn1cc(-c2ccc(NC(=O)[C@@H](NCCc3ccc(C#N)cc3)c3cccc(C#N)c3)nc2)cn1. The summed E-state index contributed by atoms with van der Waals surface area (Å²) in [5.74, 6) is 0.152. The van der Waals surface area contributed by atoms with Gasteiger partial charge in [0.25, 0.3) is 0 Å². The van der Waals surface area contributed by atoms with Gasteiger partial charge in [-0.15, -0.1) is 0 Å².